The zero-order valence-electron chi connectivity index (χ0n) is 22.4. The van der Waals surface area contributed by atoms with Crippen molar-refractivity contribution in [1.82, 2.24) is 0 Å². The lowest BCUT2D eigenvalue weighted by Crippen LogP contribution is -2.49. The Bertz CT molecular complexity index is 1430. The third-order valence-corrected chi connectivity index (χ3v) is 7.61. The number of amides is 2. The predicted octanol–water partition coefficient (Wildman–Crippen LogP) is 6.82. The summed E-state index contributed by atoms with van der Waals surface area (Å²) in [6.45, 7) is 7.39. The average molecular weight is 508 g/mol. The molecule has 1 saturated carbocycles. The molecule has 0 bridgehead atoms. The molecular formula is C33H33NO4. The van der Waals surface area contributed by atoms with Crippen molar-refractivity contribution in [2.45, 2.75) is 58.0 Å². The van der Waals surface area contributed by atoms with E-state index in [1.54, 1.807) is 26.8 Å². The van der Waals surface area contributed by atoms with Gasteiger partial charge < -0.3 is 4.74 Å². The van der Waals surface area contributed by atoms with Crippen LogP contribution in [0.2, 0.25) is 0 Å². The summed E-state index contributed by atoms with van der Waals surface area (Å²) >= 11 is 0. The van der Waals surface area contributed by atoms with Gasteiger partial charge in [-0.25, -0.2) is 9.69 Å². The number of rotatable bonds is 4. The van der Waals surface area contributed by atoms with Crippen LogP contribution in [0.1, 0.15) is 55.9 Å². The molecular weight excluding hydrogens is 474 g/mol. The van der Waals surface area contributed by atoms with E-state index in [2.05, 4.69) is 0 Å². The standard InChI is InChI=1S/C33H33NO4/c1-22-12-8-9-15-24(22)21-33(26-19-25(29(35)20-26)18-23-13-6-5-7-14-23)27-16-10-11-17-28(27)34(30(33)36)31(37)38-32(2,3)4/h5-18,26H,19-21H2,1-4H3/b25-18+/t26-,33+/m1/s1. The minimum absolute atomic E-state index is 0.0454. The lowest BCUT2D eigenvalue weighted by Gasteiger charge is -2.35. The number of carbonyl (C=O) groups excluding carboxylic acids is 3. The van der Waals surface area contributed by atoms with Gasteiger partial charge in [-0.3, -0.25) is 9.59 Å². The quantitative estimate of drug-likeness (QED) is 0.364. The van der Waals surface area contributed by atoms with Crippen LogP contribution in [0.4, 0.5) is 10.5 Å². The van der Waals surface area contributed by atoms with Gasteiger partial charge in [-0.2, -0.15) is 0 Å². The fraction of sp³-hybridized carbons (Fsp3) is 0.303. The van der Waals surface area contributed by atoms with Gasteiger partial charge in [-0.15, -0.1) is 0 Å². The second-order valence-corrected chi connectivity index (χ2v) is 11.3. The van der Waals surface area contributed by atoms with E-state index in [0.29, 0.717) is 24.1 Å². The number of carbonyl (C=O) groups is 3. The third kappa shape index (κ3) is 4.58. The minimum Gasteiger partial charge on any atom is -0.443 e. The number of hydrogen-bond donors (Lipinski definition) is 0. The molecule has 0 spiro atoms. The van der Waals surface area contributed by atoms with Crippen LogP contribution in [-0.4, -0.2) is 23.4 Å². The molecule has 1 fully saturated rings. The van der Waals surface area contributed by atoms with E-state index < -0.39 is 17.1 Å². The van der Waals surface area contributed by atoms with E-state index in [1.807, 2.05) is 85.8 Å². The number of para-hydroxylation sites is 1. The molecule has 0 unspecified atom stereocenters. The Balaban J connectivity index is 1.64. The number of allylic oxidation sites excluding steroid dienone is 1. The molecule has 0 aromatic heterocycles. The molecule has 3 aromatic carbocycles. The predicted molar refractivity (Wildman–Crippen MR) is 149 cm³/mol. The van der Waals surface area contributed by atoms with Crippen LogP contribution in [0.15, 0.2) is 84.4 Å². The summed E-state index contributed by atoms with van der Waals surface area (Å²) in [6.07, 6.45) is 2.34. The molecule has 1 aliphatic carbocycles. The molecule has 1 aliphatic heterocycles. The largest absolute Gasteiger partial charge is 0.443 e. The van der Waals surface area contributed by atoms with Gasteiger partial charge in [0, 0.05) is 6.42 Å². The van der Waals surface area contributed by atoms with E-state index in [4.69, 9.17) is 4.74 Å². The Hall–Kier alpha value is -3.99. The first-order chi connectivity index (χ1) is 18.1. The fourth-order valence-corrected chi connectivity index (χ4v) is 5.82. The molecule has 0 N–H and O–H groups in total. The van der Waals surface area contributed by atoms with Crippen LogP contribution < -0.4 is 4.90 Å². The Kier molecular flexibility index (Phi) is 6.56. The number of hydrogen-bond acceptors (Lipinski definition) is 4. The van der Waals surface area contributed by atoms with Gasteiger partial charge in [-0.1, -0.05) is 72.8 Å². The van der Waals surface area contributed by atoms with Crippen LogP contribution in [-0.2, 0) is 26.2 Å². The molecule has 5 heteroatoms. The third-order valence-electron chi connectivity index (χ3n) is 7.61. The second kappa shape index (κ2) is 9.71. The van der Waals surface area contributed by atoms with E-state index in [9.17, 15) is 14.4 Å². The van der Waals surface area contributed by atoms with E-state index >= 15 is 0 Å². The van der Waals surface area contributed by atoms with Crippen LogP contribution in [0, 0.1) is 12.8 Å². The number of anilines is 1. The molecule has 3 aromatic rings. The van der Waals surface area contributed by atoms with Crippen LogP contribution >= 0.6 is 0 Å². The lowest BCUT2D eigenvalue weighted by atomic mass is 9.66. The topological polar surface area (TPSA) is 63.7 Å². The van der Waals surface area contributed by atoms with E-state index in [-0.39, 0.29) is 24.0 Å². The van der Waals surface area contributed by atoms with Crippen molar-refractivity contribution in [1.29, 1.82) is 0 Å². The highest BCUT2D eigenvalue weighted by atomic mass is 16.6. The van der Waals surface area contributed by atoms with Crippen LogP contribution in [0.3, 0.4) is 0 Å². The van der Waals surface area contributed by atoms with Gasteiger partial charge in [0.05, 0.1) is 11.1 Å². The van der Waals surface area contributed by atoms with Crippen LogP contribution in [0.5, 0.6) is 0 Å². The van der Waals surface area contributed by atoms with Gasteiger partial charge in [-0.05, 0) is 86.4 Å². The zero-order valence-corrected chi connectivity index (χ0v) is 22.4. The molecule has 2 atom stereocenters. The zero-order chi connectivity index (χ0) is 27.1. The normalized spacial score (nSPS) is 22.2. The molecule has 5 rings (SSSR count). The Morgan fingerprint density at radius 1 is 0.947 bits per heavy atom. The van der Waals surface area contributed by atoms with Gasteiger partial charge in [0.1, 0.15) is 5.60 Å². The molecule has 38 heavy (non-hydrogen) atoms. The summed E-state index contributed by atoms with van der Waals surface area (Å²) in [7, 11) is 0. The number of imide groups is 1. The van der Waals surface area contributed by atoms with Crippen molar-refractivity contribution >= 4 is 29.5 Å². The van der Waals surface area contributed by atoms with Crippen molar-refractivity contribution in [3.63, 3.8) is 0 Å². The number of aryl methyl sites for hydroxylation is 1. The number of nitrogens with zero attached hydrogens (tertiary/aromatic N) is 1. The number of Topliss-reactive ketones (excluding diaryl/α,β-unsaturated/α-hetero) is 1. The maximum atomic E-state index is 14.6. The minimum atomic E-state index is -1.08. The van der Waals surface area contributed by atoms with Crippen molar-refractivity contribution < 1.29 is 19.1 Å². The summed E-state index contributed by atoms with van der Waals surface area (Å²) < 4.78 is 5.69. The molecule has 194 valence electrons. The Morgan fingerprint density at radius 3 is 2.32 bits per heavy atom. The summed E-state index contributed by atoms with van der Waals surface area (Å²) in [5, 5.41) is 0. The molecule has 5 nitrogen and oxygen atoms in total. The summed E-state index contributed by atoms with van der Waals surface area (Å²) in [5.41, 5.74) is 3.23. The van der Waals surface area contributed by atoms with E-state index in [1.165, 1.54) is 4.90 Å². The van der Waals surface area contributed by atoms with Crippen molar-refractivity contribution in [3.8, 4) is 0 Å². The van der Waals surface area contributed by atoms with Crippen molar-refractivity contribution in [2.75, 3.05) is 4.90 Å². The van der Waals surface area contributed by atoms with Crippen molar-refractivity contribution in [2.24, 2.45) is 5.92 Å². The number of benzene rings is 3. The molecule has 2 amide bonds. The number of fused-ring (bicyclic) bond motifs is 1. The van der Waals surface area contributed by atoms with E-state index in [0.717, 1.165) is 22.3 Å². The smallest absolute Gasteiger partial charge is 0.421 e. The summed E-state index contributed by atoms with van der Waals surface area (Å²) in [4.78, 5) is 42.6. The first-order valence-electron chi connectivity index (χ1n) is 13.1. The number of ketones is 1. The Labute approximate surface area is 224 Å². The van der Waals surface area contributed by atoms with Gasteiger partial charge in [0.2, 0.25) is 5.91 Å². The molecule has 2 aliphatic rings. The fourth-order valence-electron chi connectivity index (χ4n) is 5.82. The lowest BCUT2D eigenvalue weighted by molar-refractivity contribution is -0.125. The average Bonchev–Trinajstić information content (AvgIpc) is 3.35. The second-order valence-electron chi connectivity index (χ2n) is 11.3. The molecule has 0 saturated heterocycles. The van der Waals surface area contributed by atoms with Gasteiger partial charge in [0.15, 0.2) is 5.78 Å². The summed E-state index contributed by atoms with van der Waals surface area (Å²) in [6, 6.07) is 25.2. The Morgan fingerprint density at radius 2 is 1.61 bits per heavy atom. The maximum Gasteiger partial charge on any atom is 0.421 e. The monoisotopic (exact) mass is 507 g/mol. The molecule has 0 radical (unpaired) electrons. The first-order valence-corrected chi connectivity index (χ1v) is 13.1. The van der Waals surface area contributed by atoms with Crippen LogP contribution in [0.25, 0.3) is 6.08 Å². The maximum absolute atomic E-state index is 14.6. The summed E-state index contributed by atoms with van der Waals surface area (Å²) in [5.74, 6) is -0.579. The van der Waals surface area contributed by atoms with Gasteiger partial charge in [0.25, 0.3) is 0 Å². The van der Waals surface area contributed by atoms with Gasteiger partial charge >= 0.3 is 6.09 Å². The highest BCUT2D eigenvalue weighted by Crippen LogP contribution is 2.53. The number of ether oxygens (including phenoxy) is 1. The highest BCUT2D eigenvalue weighted by molar-refractivity contribution is 6.22. The first kappa shape index (κ1) is 25.7. The molecule has 1 heterocycles. The SMILES string of the molecule is Cc1ccccc1C[C@@]1([C@H]2CC(=O)/C(=C/c3ccccc3)C2)C(=O)N(C(=O)OC(C)(C)C)c2ccccc21. The highest BCUT2D eigenvalue weighted by Gasteiger charge is 2.59. The van der Waals surface area contributed by atoms with Crippen molar-refractivity contribution in [3.05, 3.63) is 107 Å².